The lowest BCUT2D eigenvalue weighted by atomic mass is 10.3. The Kier molecular flexibility index (Phi) is 2.09. The molecule has 74 valence electrons. The zero-order chi connectivity index (χ0) is 10.3. The van der Waals surface area contributed by atoms with Crippen molar-refractivity contribution in [3.05, 3.63) is 29.3 Å². The minimum absolute atomic E-state index is 0.108. The van der Waals surface area contributed by atoms with Crippen molar-refractivity contribution in [1.82, 2.24) is 9.38 Å². The van der Waals surface area contributed by atoms with E-state index in [-0.39, 0.29) is 16.9 Å². The van der Waals surface area contributed by atoms with Crippen molar-refractivity contribution in [2.75, 3.05) is 0 Å². The summed E-state index contributed by atoms with van der Waals surface area (Å²) in [5.41, 5.74) is 6.22. The van der Waals surface area contributed by atoms with E-state index in [4.69, 9.17) is 17.3 Å². The van der Waals surface area contributed by atoms with Crippen LogP contribution in [0.4, 0.5) is 0 Å². The smallest absolute Gasteiger partial charge is 0.159 e. The molecular formula is C9H10ClN3O. The fourth-order valence-electron chi connectivity index (χ4n) is 1.42. The number of aromatic hydroxyl groups is 1. The van der Waals surface area contributed by atoms with Crippen molar-refractivity contribution in [2.24, 2.45) is 5.73 Å². The van der Waals surface area contributed by atoms with Crippen molar-refractivity contribution in [2.45, 2.75) is 13.0 Å². The maximum Gasteiger partial charge on any atom is 0.159 e. The third-order valence-corrected chi connectivity index (χ3v) is 2.30. The average molecular weight is 212 g/mol. The Balaban J connectivity index is 2.84. The summed E-state index contributed by atoms with van der Waals surface area (Å²) in [4.78, 5) is 4.09. The summed E-state index contributed by atoms with van der Waals surface area (Å²) in [7, 11) is 0. The van der Waals surface area contributed by atoms with E-state index < -0.39 is 0 Å². The number of nitrogens with two attached hydrogens (primary N) is 1. The Hall–Kier alpha value is -1.26. The molecule has 0 bridgehead atoms. The second kappa shape index (κ2) is 3.15. The second-order valence-corrected chi connectivity index (χ2v) is 3.52. The molecule has 0 aliphatic heterocycles. The first-order chi connectivity index (χ1) is 6.61. The third-order valence-electron chi connectivity index (χ3n) is 2.03. The number of hydrogen-bond donors (Lipinski definition) is 2. The molecule has 2 rings (SSSR count). The molecule has 0 spiro atoms. The zero-order valence-corrected chi connectivity index (χ0v) is 8.36. The number of fused-ring (bicyclic) bond motifs is 1. The van der Waals surface area contributed by atoms with Crippen LogP contribution in [0.1, 0.15) is 18.8 Å². The van der Waals surface area contributed by atoms with Gasteiger partial charge in [0.05, 0.1) is 6.04 Å². The van der Waals surface area contributed by atoms with E-state index in [2.05, 4.69) is 4.98 Å². The van der Waals surface area contributed by atoms with Crippen LogP contribution in [-0.4, -0.2) is 14.5 Å². The largest absolute Gasteiger partial charge is 0.506 e. The number of pyridine rings is 1. The average Bonchev–Trinajstić information content (AvgIpc) is 2.45. The predicted octanol–water partition coefficient (Wildman–Crippen LogP) is 1.71. The van der Waals surface area contributed by atoms with E-state index in [0.29, 0.717) is 11.3 Å². The monoisotopic (exact) mass is 211 g/mol. The van der Waals surface area contributed by atoms with Crippen LogP contribution in [-0.2, 0) is 0 Å². The van der Waals surface area contributed by atoms with Gasteiger partial charge in [0.2, 0.25) is 0 Å². The van der Waals surface area contributed by atoms with Gasteiger partial charge in [0.25, 0.3) is 0 Å². The van der Waals surface area contributed by atoms with Gasteiger partial charge in [0.15, 0.2) is 5.15 Å². The summed E-state index contributed by atoms with van der Waals surface area (Å²) in [6.07, 6.45) is 1.77. The highest BCUT2D eigenvalue weighted by Crippen LogP contribution is 2.28. The van der Waals surface area contributed by atoms with Crippen molar-refractivity contribution in [3.8, 4) is 5.75 Å². The molecule has 5 heteroatoms. The van der Waals surface area contributed by atoms with E-state index in [0.717, 1.165) is 0 Å². The van der Waals surface area contributed by atoms with Crippen LogP contribution >= 0.6 is 11.6 Å². The van der Waals surface area contributed by atoms with Crippen molar-refractivity contribution in [1.29, 1.82) is 0 Å². The maximum absolute atomic E-state index is 9.56. The summed E-state index contributed by atoms with van der Waals surface area (Å²) in [5.74, 6) is 0.748. The first-order valence-corrected chi connectivity index (χ1v) is 4.60. The lowest BCUT2D eigenvalue weighted by Crippen LogP contribution is -2.09. The highest BCUT2D eigenvalue weighted by Gasteiger charge is 2.14. The highest BCUT2D eigenvalue weighted by molar-refractivity contribution is 6.33. The predicted molar refractivity (Wildman–Crippen MR) is 54.5 cm³/mol. The van der Waals surface area contributed by atoms with Crippen LogP contribution in [0.25, 0.3) is 5.52 Å². The molecule has 2 aromatic heterocycles. The fraction of sp³-hybridized carbons (Fsp3) is 0.222. The Bertz CT molecular complexity index is 478. The number of imidazole rings is 1. The van der Waals surface area contributed by atoms with Crippen LogP contribution < -0.4 is 5.73 Å². The second-order valence-electron chi connectivity index (χ2n) is 3.16. The molecule has 0 amide bonds. The number of halogens is 1. The lowest BCUT2D eigenvalue weighted by Gasteiger charge is -2.03. The summed E-state index contributed by atoms with van der Waals surface area (Å²) in [6, 6.07) is 3.05. The third kappa shape index (κ3) is 1.23. The molecule has 1 atom stereocenters. The van der Waals surface area contributed by atoms with Gasteiger partial charge in [-0.3, -0.25) is 4.40 Å². The summed E-state index contributed by atoms with van der Waals surface area (Å²) < 4.78 is 1.70. The van der Waals surface area contributed by atoms with Gasteiger partial charge in [0.1, 0.15) is 17.1 Å². The number of rotatable bonds is 1. The van der Waals surface area contributed by atoms with Crippen LogP contribution in [0.5, 0.6) is 5.75 Å². The summed E-state index contributed by atoms with van der Waals surface area (Å²) in [6.45, 7) is 1.81. The summed E-state index contributed by atoms with van der Waals surface area (Å²) >= 11 is 5.88. The normalized spacial score (nSPS) is 13.4. The van der Waals surface area contributed by atoms with E-state index in [1.807, 2.05) is 6.92 Å². The van der Waals surface area contributed by atoms with E-state index in [9.17, 15) is 5.11 Å². The molecule has 0 saturated heterocycles. The van der Waals surface area contributed by atoms with Crippen LogP contribution in [0.15, 0.2) is 18.3 Å². The standard InChI is InChI=1S/C9H10ClN3O/c1-5(11)9-12-8(10)7-6(14)3-2-4-13(7)9/h2-5,14H,11H2,1H3. The Labute approximate surface area is 85.9 Å². The molecule has 1 unspecified atom stereocenters. The Morgan fingerprint density at radius 2 is 2.36 bits per heavy atom. The number of hydrogen-bond acceptors (Lipinski definition) is 3. The zero-order valence-electron chi connectivity index (χ0n) is 7.61. The van der Waals surface area contributed by atoms with Crippen molar-refractivity contribution in [3.63, 3.8) is 0 Å². The molecule has 2 heterocycles. The van der Waals surface area contributed by atoms with Gasteiger partial charge in [0, 0.05) is 6.20 Å². The Morgan fingerprint density at radius 3 is 3.00 bits per heavy atom. The molecule has 0 aliphatic rings. The molecule has 0 fully saturated rings. The molecule has 14 heavy (non-hydrogen) atoms. The minimum atomic E-state index is -0.225. The molecule has 0 saturated carbocycles. The van der Waals surface area contributed by atoms with Gasteiger partial charge >= 0.3 is 0 Å². The Morgan fingerprint density at radius 1 is 1.64 bits per heavy atom. The molecule has 2 aromatic rings. The van der Waals surface area contributed by atoms with Gasteiger partial charge in [-0.15, -0.1) is 0 Å². The molecular weight excluding hydrogens is 202 g/mol. The highest BCUT2D eigenvalue weighted by atomic mass is 35.5. The van der Waals surface area contributed by atoms with Gasteiger partial charge in [-0.2, -0.15) is 0 Å². The van der Waals surface area contributed by atoms with Gasteiger partial charge in [-0.1, -0.05) is 11.6 Å². The topological polar surface area (TPSA) is 63.5 Å². The molecule has 4 nitrogen and oxygen atoms in total. The summed E-state index contributed by atoms with van der Waals surface area (Å²) in [5, 5.41) is 9.83. The van der Waals surface area contributed by atoms with Gasteiger partial charge < -0.3 is 10.8 Å². The fourth-order valence-corrected chi connectivity index (χ4v) is 1.70. The SMILES string of the molecule is CC(N)c1nc(Cl)c2c(O)cccn12. The van der Waals surface area contributed by atoms with Crippen molar-refractivity contribution >= 4 is 17.1 Å². The quantitative estimate of drug-likeness (QED) is 0.755. The van der Waals surface area contributed by atoms with Gasteiger partial charge in [-0.25, -0.2) is 4.98 Å². The van der Waals surface area contributed by atoms with Crippen LogP contribution in [0.3, 0.4) is 0 Å². The van der Waals surface area contributed by atoms with Crippen LogP contribution in [0, 0.1) is 0 Å². The molecule has 0 radical (unpaired) electrons. The number of aromatic nitrogens is 2. The molecule has 0 aromatic carbocycles. The minimum Gasteiger partial charge on any atom is -0.506 e. The van der Waals surface area contributed by atoms with E-state index >= 15 is 0 Å². The van der Waals surface area contributed by atoms with Gasteiger partial charge in [-0.05, 0) is 19.1 Å². The van der Waals surface area contributed by atoms with E-state index in [1.165, 1.54) is 0 Å². The first kappa shape index (κ1) is 9.30. The molecule has 3 N–H and O–H groups in total. The molecule has 0 aliphatic carbocycles. The van der Waals surface area contributed by atoms with E-state index in [1.54, 1.807) is 22.7 Å². The number of nitrogens with zero attached hydrogens (tertiary/aromatic N) is 2. The maximum atomic E-state index is 9.56. The first-order valence-electron chi connectivity index (χ1n) is 4.22. The lowest BCUT2D eigenvalue weighted by molar-refractivity contribution is 0.478. The van der Waals surface area contributed by atoms with Crippen molar-refractivity contribution < 1.29 is 5.11 Å². The van der Waals surface area contributed by atoms with Crippen LogP contribution in [0.2, 0.25) is 5.15 Å².